The molecule has 0 amide bonds. The number of nitrogens with two attached hydrogens (primary N) is 4. The molecule has 1 rings (SSSR count). The van der Waals surface area contributed by atoms with E-state index in [1.807, 2.05) is 31.2 Å². The maximum atomic E-state index is 6.16. The van der Waals surface area contributed by atoms with Crippen LogP contribution in [-0.2, 0) is 5.75 Å². The van der Waals surface area contributed by atoms with E-state index in [9.17, 15) is 0 Å². The van der Waals surface area contributed by atoms with Gasteiger partial charge in [0, 0.05) is 16.4 Å². The van der Waals surface area contributed by atoms with Gasteiger partial charge < -0.3 is 22.9 Å². The third kappa shape index (κ3) is 6.13. The van der Waals surface area contributed by atoms with Crippen LogP contribution in [-0.4, -0.2) is 4.98 Å². The number of thioether (sulfide) groups is 1. The van der Waals surface area contributed by atoms with Crippen LogP contribution >= 0.6 is 11.8 Å². The van der Waals surface area contributed by atoms with Crippen LogP contribution in [0, 0.1) is 0 Å². The molecule has 0 atom stereocenters. The van der Waals surface area contributed by atoms with Gasteiger partial charge in [0.25, 0.3) is 0 Å². The topological polar surface area (TPSA) is 117 Å². The molecular weight excluding hydrogens is 294 g/mol. The minimum atomic E-state index is 0.504. The number of pyridine rings is 1. The third-order valence-corrected chi connectivity index (χ3v) is 3.88. The van der Waals surface area contributed by atoms with Crippen LogP contribution in [0.1, 0.15) is 32.4 Å². The lowest BCUT2D eigenvalue weighted by molar-refractivity contribution is 0.945. The first-order chi connectivity index (χ1) is 10.4. The zero-order valence-corrected chi connectivity index (χ0v) is 14.0. The highest BCUT2D eigenvalue weighted by Gasteiger charge is 2.07. The lowest BCUT2D eigenvalue weighted by atomic mass is 10.2. The monoisotopic (exact) mass is 319 g/mol. The summed E-state index contributed by atoms with van der Waals surface area (Å²) in [7, 11) is 0. The average Bonchev–Trinajstić information content (AvgIpc) is 2.48. The van der Waals surface area contributed by atoms with E-state index < -0.39 is 0 Å². The van der Waals surface area contributed by atoms with Gasteiger partial charge in [-0.3, -0.25) is 0 Å². The van der Waals surface area contributed by atoms with Gasteiger partial charge in [0.1, 0.15) is 5.82 Å². The molecule has 0 fully saturated rings. The highest BCUT2D eigenvalue weighted by Crippen LogP contribution is 2.26. The van der Waals surface area contributed by atoms with Crippen molar-refractivity contribution in [3.8, 4) is 0 Å². The van der Waals surface area contributed by atoms with E-state index in [1.54, 1.807) is 17.8 Å². The second-order valence-electron chi connectivity index (χ2n) is 4.96. The van der Waals surface area contributed by atoms with Crippen LogP contribution in [0.4, 0.5) is 5.82 Å². The summed E-state index contributed by atoms with van der Waals surface area (Å²) < 4.78 is 0. The third-order valence-electron chi connectivity index (χ3n) is 2.79. The molecule has 1 heterocycles. The van der Waals surface area contributed by atoms with Crippen molar-refractivity contribution in [2.24, 2.45) is 17.2 Å². The Morgan fingerprint density at radius 2 is 2.00 bits per heavy atom. The fraction of sp³-hybridized carbons (Fsp3) is 0.312. The molecule has 6 heteroatoms. The summed E-state index contributed by atoms with van der Waals surface area (Å²) in [5.74, 6) is 1.15. The molecule has 0 aliphatic carbocycles. The van der Waals surface area contributed by atoms with Crippen molar-refractivity contribution in [1.29, 1.82) is 0 Å². The van der Waals surface area contributed by atoms with Crippen LogP contribution < -0.4 is 22.9 Å². The van der Waals surface area contributed by atoms with Gasteiger partial charge >= 0.3 is 0 Å². The molecule has 0 saturated carbocycles. The number of anilines is 1. The molecule has 0 aliphatic heterocycles. The standard InChI is InChI=1S/C16H25N5S/c1-3-4-7-13(18)16(20)14(9-11(2)17)22-10-12-6-5-8-15(19)21-12/h5-9H,3-4,10,17-18,20H2,1-2H3,(H2,19,21)/b11-9+,13-7-,16-14-. The van der Waals surface area contributed by atoms with Crippen LogP contribution in [0.5, 0.6) is 0 Å². The zero-order chi connectivity index (χ0) is 16.5. The van der Waals surface area contributed by atoms with Gasteiger partial charge in [0.15, 0.2) is 0 Å². The molecule has 0 aromatic carbocycles. The largest absolute Gasteiger partial charge is 0.402 e. The molecule has 22 heavy (non-hydrogen) atoms. The van der Waals surface area contributed by atoms with Gasteiger partial charge in [-0.25, -0.2) is 4.98 Å². The molecule has 0 saturated heterocycles. The molecule has 0 spiro atoms. The van der Waals surface area contributed by atoms with Crippen molar-refractivity contribution in [3.05, 3.63) is 58.0 Å². The van der Waals surface area contributed by atoms with E-state index in [-0.39, 0.29) is 0 Å². The highest BCUT2D eigenvalue weighted by atomic mass is 32.2. The van der Waals surface area contributed by atoms with E-state index in [1.165, 1.54) is 0 Å². The van der Waals surface area contributed by atoms with Crippen LogP contribution in [0.2, 0.25) is 0 Å². The first-order valence-electron chi connectivity index (χ1n) is 7.17. The molecule has 1 aromatic heterocycles. The van der Waals surface area contributed by atoms with Crippen molar-refractivity contribution in [1.82, 2.24) is 4.98 Å². The van der Waals surface area contributed by atoms with Gasteiger partial charge in [-0.15, -0.1) is 11.8 Å². The van der Waals surface area contributed by atoms with Crippen molar-refractivity contribution < 1.29 is 0 Å². The van der Waals surface area contributed by atoms with Crippen molar-refractivity contribution >= 4 is 17.6 Å². The van der Waals surface area contributed by atoms with E-state index in [2.05, 4.69) is 11.9 Å². The highest BCUT2D eigenvalue weighted by molar-refractivity contribution is 8.02. The van der Waals surface area contributed by atoms with E-state index in [0.29, 0.717) is 28.7 Å². The number of rotatable bonds is 7. The van der Waals surface area contributed by atoms with Crippen molar-refractivity contribution in [2.75, 3.05) is 5.73 Å². The van der Waals surface area contributed by atoms with Gasteiger partial charge in [0.05, 0.1) is 17.1 Å². The maximum Gasteiger partial charge on any atom is 0.123 e. The van der Waals surface area contributed by atoms with Crippen LogP contribution in [0.3, 0.4) is 0 Å². The zero-order valence-electron chi connectivity index (χ0n) is 13.2. The molecule has 5 nitrogen and oxygen atoms in total. The normalized spacial score (nSPS) is 13.9. The number of allylic oxidation sites excluding steroid dienone is 3. The summed E-state index contributed by atoms with van der Waals surface area (Å²) in [5.41, 5.74) is 26.4. The fourth-order valence-electron chi connectivity index (χ4n) is 1.69. The van der Waals surface area contributed by atoms with Crippen LogP contribution in [0.25, 0.3) is 0 Å². The van der Waals surface area contributed by atoms with Crippen LogP contribution in [0.15, 0.2) is 52.3 Å². The second-order valence-corrected chi connectivity index (χ2v) is 5.97. The van der Waals surface area contributed by atoms with E-state index in [0.717, 1.165) is 23.4 Å². The number of hydrogen-bond acceptors (Lipinski definition) is 6. The Bertz CT molecular complexity index is 586. The Morgan fingerprint density at radius 1 is 1.27 bits per heavy atom. The first kappa shape index (κ1) is 18.0. The van der Waals surface area contributed by atoms with Gasteiger partial charge in [-0.1, -0.05) is 25.5 Å². The summed E-state index contributed by atoms with van der Waals surface area (Å²) in [6.45, 7) is 3.91. The fourth-order valence-corrected chi connectivity index (χ4v) is 2.69. The Balaban J connectivity index is 2.96. The number of nitrogen functional groups attached to an aromatic ring is 1. The summed E-state index contributed by atoms with van der Waals surface area (Å²) in [6, 6.07) is 5.56. The molecule has 0 unspecified atom stereocenters. The molecule has 0 aliphatic rings. The smallest absolute Gasteiger partial charge is 0.123 e. The summed E-state index contributed by atoms with van der Waals surface area (Å²) in [6.07, 6.45) is 5.69. The molecule has 8 N–H and O–H groups in total. The maximum absolute atomic E-state index is 6.16. The summed E-state index contributed by atoms with van der Waals surface area (Å²) in [5, 5.41) is 0. The van der Waals surface area contributed by atoms with Gasteiger partial charge in [0.2, 0.25) is 0 Å². The van der Waals surface area contributed by atoms with Gasteiger partial charge in [-0.05, 0) is 31.6 Å². The Morgan fingerprint density at radius 3 is 2.59 bits per heavy atom. The lowest BCUT2D eigenvalue weighted by Gasteiger charge is -2.10. The molecule has 1 aromatic rings. The Kier molecular flexibility index (Phi) is 7.39. The van der Waals surface area contributed by atoms with E-state index >= 15 is 0 Å². The number of hydrogen-bond donors (Lipinski definition) is 4. The first-order valence-corrected chi connectivity index (χ1v) is 8.16. The Hall–Kier alpha value is -2.08. The number of aromatic nitrogens is 1. The summed E-state index contributed by atoms with van der Waals surface area (Å²) in [4.78, 5) is 5.12. The molecule has 0 bridgehead atoms. The SMILES string of the molecule is CCC/C=C(N)/C(N)=C(\C=C(/C)N)SCc1cccc(N)n1. The average molecular weight is 319 g/mol. The minimum absolute atomic E-state index is 0.504. The number of unbranched alkanes of at least 4 members (excludes halogenated alkanes) is 1. The molecule has 120 valence electrons. The minimum Gasteiger partial charge on any atom is -0.402 e. The number of nitrogens with zero attached hydrogens (tertiary/aromatic N) is 1. The van der Waals surface area contributed by atoms with Crippen molar-refractivity contribution in [2.45, 2.75) is 32.4 Å². The molecule has 0 radical (unpaired) electrons. The summed E-state index contributed by atoms with van der Waals surface area (Å²) >= 11 is 1.54. The van der Waals surface area contributed by atoms with Gasteiger partial charge in [-0.2, -0.15) is 0 Å². The Labute approximate surface area is 136 Å². The lowest BCUT2D eigenvalue weighted by Crippen LogP contribution is -2.12. The predicted octanol–water partition coefficient (Wildman–Crippen LogP) is 2.57. The second kappa shape index (κ2) is 9.04. The molecular formula is C16H25N5S. The van der Waals surface area contributed by atoms with Crippen molar-refractivity contribution in [3.63, 3.8) is 0 Å². The predicted molar refractivity (Wildman–Crippen MR) is 96.3 cm³/mol. The van der Waals surface area contributed by atoms with E-state index in [4.69, 9.17) is 22.9 Å². The quantitative estimate of drug-likeness (QED) is 0.574.